The lowest BCUT2D eigenvalue weighted by molar-refractivity contribution is -0.133. The molecule has 1 atom stereocenters. The van der Waals surface area contributed by atoms with Crippen molar-refractivity contribution in [3.63, 3.8) is 0 Å². The maximum atomic E-state index is 11.9. The lowest BCUT2D eigenvalue weighted by Gasteiger charge is -2.15. The summed E-state index contributed by atoms with van der Waals surface area (Å²) in [5.41, 5.74) is 2.08. The Morgan fingerprint density at radius 3 is 2.60 bits per heavy atom. The molecule has 20 heavy (non-hydrogen) atoms. The number of nitrogens with one attached hydrogen (secondary N) is 1. The molecule has 0 aliphatic carbocycles. The van der Waals surface area contributed by atoms with Gasteiger partial charge in [-0.1, -0.05) is 17.7 Å². The van der Waals surface area contributed by atoms with Gasteiger partial charge in [0.25, 0.3) is 0 Å². The summed E-state index contributed by atoms with van der Waals surface area (Å²) in [6, 6.07) is 5.67. The molecule has 3 nitrogen and oxygen atoms in total. The maximum absolute atomic E-state index is 11.9. The Labute approximate surface area is 116 Å². The van der Waals surface area contributed by atoms with E-state index in [0.29, 0.717) is 5.75 Å². The van der Waals surface area contributed by atoms with E-state index in [9.17, 15) is 18.3 Å². The van der Waals surface area contributed by atoms with Crippen LogP contribution in [0.5, 0.6) is 5.75 Å². The molecule has 0 aliphatic heterocycles. The fraction of sp³-hybridized carbons (Fsp3) is 0.571. The lowest BCUT2D eigenvalue weighted by Crippen LogP contribution is -2.33. The highest BCUT2D eigenvalue weighted by molar-refractivity contribution is 5.35. The molecule has 1 unspecified atom stereocenters. The molecular formula is C14H20F3NO2. The van der Waals surface area contributed by atoms with Gasteiger partial charge in [0.15, 0.2) is 0 Å². The van der Waals surface area contributed by atoms with Gasteiger partial charge in [0.2, 0.25) is 0 Å². The molecule has 2 N–H and O–H groups in total. The van der Waals surface area contributed by atoms with Crippen LogP contribution in [0.25, 0.3) is 0 Å². The summed E-state index contributed by atoms with van der Waals surface area (Å²) in [5.74, 6) is 0.671. The van der Waals surface area contributed by atoms with E-state index in [2.05, 4.69) is 5.32 Å². The molecule has 0 amide bonds. The Bertz CT molecular complexity index is 421. The molecule has 0 fully saturated rings. The third kappa shape index (κ3) is 6.77. The van der Waals surface area contributed by atoms with Gasteiger partial charge in [0, 0.05) is 13.1 Å². The standard InChI is InChI=1S/C14H20F3NO2/c1-10-3-4-13(11(2)7-10)20-9-12(19)8-18-6-5-14(15,16)17/h3-4,7,12,18-19H,5-6,8-9H2,1-2H3. The largest absolute Gasteiger partial charge is 0.491 e. The summed E-state index contributed by atoms with van der Waals surface area (Å²) in [6.07, 6.45) is -5.92. The van der Waals surface area contributed by atoms with Gasteiger partial charge in [-0.05, 0) is 25.5 Å². The molecule has 0 heterocycles. The van der Waals surface area contributed by atoms with Crippen LogP contribution in [0.4, 0.5) is 13.2 Å². The number of aliphatic hydroxyl groups is 1. The normalized spacial score (nSPS) is 13.3. The van der Waals surface area contributed by atoms with Crippen LogP contribution in [0.2, 0.25) is 0 Å². The highest BCUT2D eigenvalue weighted by Crippen LogP contribution is 2.19. The van der Waals surface area contributed by atoms with Crippen LogP contribution in [-0.4, -0.2) is 37.1 Å². The van der Waals surface area contributed by atoms with E-state index in [-0.39, 0.29) is 19.7 Å². The van der Waals surface area contributed by atoms with Gasteiger partial charge < -0.3 is 15.2 Å². The number of alkyl halides is 3. The molecule has 0 radical (unpaired) electrons. The first-order valence-corrected chi connectivity index (χ1v) is 6.43. The fourth-order valence-electron chi connectivity index (χ4n) is 1.70. The lowest BCUT2D eigenvalue weighted by atomic mass is 10.1. The maximum Gasteiger partial charge on any atom is 0.390 e. The zero-order valence-electron chi connectivity index (χ0n) is 11.6. The first-order valence-electron chi connectivity index (χ1n) is 6.43. The molecule has 0 aromatic heterocycles. The smallest absolute Gasteiger partial charge is 0.390 e. The SMILES string of the molecule is Cc1ccc(OCC(O)CNCCC(F)(F)F)c(C)c1. The van der Waals surface area contributed by atoms with E-state index in [1.807, 2.05) is 32.0 Å². The summed E-state index contributed by atoms with van der Waals surface area (Å²) in [5, 5.41) is 12.2. The molecule has 114 valence electrons. The van der Waals surface area contributed by atoms with Gasteiger partial charge in [-0.15, -0.1) is 0 Å². The van der Waals surface area contributed by atoms with Crippen LogP contribution in [0.3, 0.4) is 0 Å². The third-order valence-electron chi connectivity index (χ3n) is 2.73. The number of aliphatic hydroxyl groups excluding tert-OH is 1. The van der Waals surface area contributed by atoms with Gasteiger partial charge in [-0.25, -0.2) is 0 Å². The summed E-state index contributed by atoms with van der Waals surface area (Å²) < 4.78 is 41.1. The Balaban J connectivity index is 2.24. The Hall–Kier alpha value is -1.27. The first kappa shape index (κ1) is 16.8. The number of hydrogen-bond donors (Lipinski definition) is 2. The van der Waals surface area contributed by atoms with Crippen LogP contribution in [0.15, 0.2) is 18.2 Å². The van der Waals surface area contributed by atoms with Crippen molar-refractivity contribution in [1.29, 1.82) is 0 Å². The molecular weight excluding hydrogens is 271 g/mol. The molecule has 6 heteroatoms. The molecule has 0 spiro atoms. The average Bonchev–Trinajstić information content (AvgIpc) is 2.32. The molecule has 0 aliphatic rings. The van der Waals surface area contributed by atoms with E-state index < -0.39 is 18.7 Å². The monoisotopic (exact) mass is 291 g/mol. The van der Waals surface area contributed by atoms with E-state index in [1.165, 1.54) is 0 Å². The van der Waals surface area contributed by atoms with Crippen molar-refractivity contribution in [3.05, 3.63) is 29.3 Å². The Morgan fingerprint density at radius 1 is 1.30 bits per heavy atom. The summed E-state index contributed by atoms with van der Waals surface area (Å²) >= 11 is 0. The van der Waals surface area contributed by atoms with E-state index in [4.69, 9.17) is 4.74 Å². The predicted octanol–water partition coefficient (Wildman–Crippen LogP) is 2.59. The van der Waals surface area contributed by atoms with Crippen molar-refractivity contribution in [2.45, 2.75) is 32.5 Å². The van der Waals surface area contributed by atoms with Crippen LogP contribution in [-0.2, 0) is 0 Å². The van der Waals surface area contributed by atoms with E-state index >= 15 is 0 Å². The van der Waals surface area contributed by atoms with Gasteiger partial charge in [0.05, 0.1) is 6.42 Å². The Morgan fingerprint density at radius 2 is 2.00 bits per heavy atom. The second-order valence-electron chi connectivity index (χ2n) is 4.80. The number of benzene rings is 1. The topological polar surface area (TPSA) is 41.5 Å². The molecule has 1 aromatic rings. The van der Waals surface area contributed by atoms with Gasteiger partial charge in [0.1, 0.15) is 18.5 Å². The van der Waals surface area contributed by atoms with Crippen LogP contribution >= 0.6 is 0 Å². The van der Waals surface area contributed by atoms with Crippen molar-refractivity contribution in [2.24, 2.45) is 0 Å². The molecule has 0 saturated heterocycles. The van der Waals surface area contributed by atoms with Gasteiger partial charge in [-0.2, -0.15) is 13.2 Å². The van der Waals surface area contributed by atoms with Crippen LogP contribution in [0.1, 0.15) is 17.5 Å². The zero-order valence-corrected chi connectivity index (χ0v) is 11.6. The summed E-state index contributed by atoms with van der Waals surface area (Å²) in [7, 11) is 0. The number of rotatable bonds is 7. The zero-order chi connectivity index (χ0) is 15.2. The van der Waals surface area contributed by atoms with E-state index in [1.54, 1.807) is 0 Å². The van der Waals surface area contributed by atoms with Crippen molar-refractivity contribution >= 4 is 0 Å². The van der Waals surface area contributed by atoms with E-state index in [0.717, 1.165) is 11.1 Å². The molecule has 1 rings (SSSR count). The first-order chi connectivity index (χ1) is 9.28. The third-order valence-corrected chi connectivity index (χ3v) is 2.73. The average molecular weight is 291 g/mol. The second kappa shape index (κ2) is 7.50. The quantitative estimate of drug-likeness (QED) is 0.759. The van der Waals surface area contributed by atoms with Crippen molar-refractivity contribution in [3.8, 4) is 5.75 Å². The van der Waals surface area contributed by atoms with Crippen molar-refractivity contribution < 1.29 is 23.0 Å². The molecule has 0 saturated carbocycles. The number of ether oxygens (including phenoxy) is 1. The molecule has 0 bridgehead atoms. The highest BCUT2D eigenvalue weighted by Gasteiger charge is 2.26. The number of halogens is 3. The Kier molecular flexibility index (Phi) is 6.29. The minimum atomic E-state index is -4.17. The van der Waals surface area contributed by atoms with Gasteiger partial charge in [-0.3, -0.25) is 0 Å². The molecule has 1 aromatic carbocycles. The van der Waals surface area contributed by atoms with Crippen LogP contribution in [0, 0.1) is 13.8 Å². The summed E-state index contributed by atoms with van der Waals surface area (Å²) in [4.78, 5) is 0. The predicted molar refractivity (Wildman–Crippen MR) is 71.0 cm³/mol. The van der Waals surface area contributed by atoms with Crippen molar-refractivity contribution in [1.82, 2.24) is 5.32 Å². The van der Waals surface area contributed by atoms with Crippen LogP contribution < -0.4 is 10.1 Å². The summed E-state index contributed by atoms with van der Waals surface area (Å²) in [6.45, 7) is 3.78. The van der Waals surface area contributed by atoms with Crippen molar-refractivity contribution in [2.75, 3.05) is 19.7 Å². The minimum Gasteiger partial charge on any atom is -0.491 e. The minimum absolute atomic E-state index is 0.0446. The fourth-order valence-corrected chi connectivity index (χ4v) is 1.70. The van der Waals surface area contributed by atoms with Gasteiger partial charge >= 0.3 is 6.18 Å². The number of hydrogen-bond acceptors (Lipinski definition) is 3. The second-order valence-corrected chi connectivity index (χ2v) is 4.80. The highest BCUT2D eigenvalue weighted by atomic mass is 19.4. The number of aryl methyl sites for hydroxylation is 2.